The van der Waals surface area contributed by atoms with Crippen LogP contribution in [-0.2, 0) is 0 Å². The maximum absolute atomic E-state index is 9.30. The van der Waals surface area contributed by atoms with Crippen molar-refractivity contribution < 1.29 is 9.84 Å². The van der Waals surface area contributed by atoms with E-state index in [1.165, 1.54) is 11.1 Å². The molecule has 17 heavy (non-hydrogen) atoms. The highest BCUT2D eigenvalue weighted by atomic mass is 16.5. The third kappa shape index (κ3) is 3.45. The van der Waals surface area contributed by atoms with E-state index in [1.54, 1.807) is 0 Å². The first kappa shape index (κ1) is 14.0. The summed E-state index contributed by atoms with van der Waals surface area (Å²) in [5.41, 5.74) is 3.18. The van der Waals surface area contributed by atoms with E-state index in [2.05, 4.69) is 32.2 Å². The van der Waals surface area contributed by atoms with E-state index in [9.17, 15) is 5.11 Å². The molecule has 1 unspecified atom stereocenters. The second kappa shape index (κ2) is 5.52. The van der Waals surface area contributed by atoms with Gasteiger partial charge in [-0.05, 0) is 57.5 Å². The van der Waals surface area contributed by atoms with Gasteiger partial charge >= 0.3 is 0 Å². The number of likely N-dealkylation sites (N-methyl/N-ethyl adjacent to an activating group) is 1. The van der Waals surface area contributed by atoms with Crippen LogP contribution in [0.5, 0.6) is 5.75 Å². The van der Waals surface area contributed by atoms with Crippen molar-refractivity contribution in [1.82, 2.24) is 5.32 Å². The molecule has 3 nitrogen and oxygen atoms in total. The van der Waals surface area contributed by atoms with Gasteiger partial charge in [-0.25, -0.2) is 0 Å². The van der Waals surface area contributed by atoms with Crippen LogP contribution in [0, 0.1) is 20.8 Å². The average molecular weight is 237 g/mol. The van der Waals surface area contributed by atoms with Gasteiger partial charge in [0.05, 0.1) is 12.1 Å². The molecule has 1 atom stereocenters. The summed E-state index contributed by atoms with van der Waals surface area (Å²) in [6.45, 7) is 8.63. The van der Waals surface area contributed by atoms with E-state index >= 15 is 0 Å². The zero-order valence-electron chi connectivity index (χ0n) is 11.4. The van der Waals surface area contributed by atoms with Gasteiger partial charge in [-0.2, -0.15) is 0 Å². The summed E-state index contributed by atoms with van der Waals surface area (Å²) in [6.07, 6.45) is 0. The Morgan fingerprint density at radius 2 is 1.94 bits per heavy atom. The van der Waals surface area contributed by atoms with E-state index in [0.717, 1.165) is 11.3 Å². The van der Waals surface area contributed by atoms with Crippen molar-refractivity contribution >= 4 is 0 Å². The quantitative estimate of drug-likeness (QED) is 0.822. The molecule has 96 valence electrons. The predicted octanol–water partition coefficient (Wildman–Crippen LogP) is 1.96. The van der Waals surface area contributed by atoms with E-state index in [4.69, 9.17) is 4.74 Å². The number of benzene rings is 1. The summed E-state index contributed by atoms with van der Waals surface area (Å²) in [6, 6.07) is 4.18. The summed E-state index contributed by atoms with van der Waals surface area (Å²) in [4.78, 5) is 0. The fraction of sp³-hybridized carbons (Fsp3) is 0.571. The molecule has 0 fully saturated rings. The summed E-state index contributed by atoms with van der Waals surface area (Å²) >= 11 is 0. The van der Waals surface area contributed by atoms with Crippen LogP contribution < -0.4 is 10.1 Å². The van der Waals surface area contributed by atoms with Crippen LogP contribution in [-0.4, -0.2) is 30.9 Å². The Morgan fingerprint density at radius 1 is 1.29 bits per heavy atom. The molecule has 2 N–H and O–H groups in total. The van der Waals surface area contributed by atoms with Crippen molar-refractivity contribution in [2.45, 2.75) is 33.2 Å². The summed E-state index contributed by atoms with van der Waals surface area (Å²) in [5.74, 6) is 0.900. The summed E-state index contributed by atoms with van der Waals surface area (Å²) in [7, 11) is 1.83. The lowest BCUT2D eigenvalue weighted by Crippen LogP contribution is -2.48. The van der Waals surface area contributed by atoms with Crippen molar-refractivity contribution in [3.63, 3.8) is 0 Å². The maximum Gasteiger partial charge on any atom is 0.122 e. The van der Waals surface area contributed by atoms with Crippen molar-refractivity contribution in [3.8, 4) is 5.75 Å². The van der Waals surface area contributed by atoms with E-state index < -0.39 is 5.54 Å². The first-order valence-electron chi connectivity index (χ1n) is 5.92. The van der Waals surface area contributed by atoms with Crippen LogP contribution in [0.4, 0.5) is 0 Å². The first-order chi connectivity index (χ1) is 7.91. The molecular formula is C14H23NO2. The number of rotatable bonds is 5. The van der Waals surface area contributed by atoms with Crippen molar-refractivity contribution in [2.24, 2.45) is 0 Å². The number of hydrogen-bond acceptors (Lipinski definition) is 3. The van der Waals surface area contributed by atoms with Crippen molar-refractivity contribution in [3.05, 3.63) is 28.8 Å². The predicted molar refractivity (Wildman–Crippen MR) is 70.7 cm³/mol. The average Bonchev–Trinajstić information content (AvgIpc) is 2.31. The lowest BCUT2D eigenvalue weighted by atomic mass is 10.0. The Bertz CT molecular complexity index is 384. The Balaban J connectivity index is 2.82. The van der Waals surface area contributed by atoms with Gasteiger partial charge in [-0.3, -0.25) is 0 Å². The SMILES string of the molecule is CNC(C)(CO)COc1cc(C)cc(C)c1C. The molecule has 0 aliphatic heterocycles. The van der Waals surface area contributed by atoms with Gasteiger partial charge in [0.1, 0.15) is 12.4 Å². The van der Waals surface area contributed by atoms with Gasteiger partial charge in [0.25, 0.3) is 0 Å². The van der Waals surface area contributed by atoms with Gasteiger partial charge in [-0.1, -0.05) is 6.07 Å². The van der Waals surface area contributed by atoms with Crippen LogP contribution in [0.1, 0.15) is 23.6 Å². The normalized spacial score (nSPS) is 14.5. The van der Waals surface area contributed by atoms with Crippen LogP contribution in [0.2, 0.25) is 0 Å². The number of aliphatic hydroxyl groups excluding tert-OH is 1. The van der Waals surface area contributed by atoms with Gasteiger partial charge in [-0.15, -0.1) is 0 Å². The summed E-state index contributed by atoms with van der Waals surface area (Å²) in [5, 5.41) is 12.4. The number of aliphatic hydroxyl groups is 1. The number of aryl methyl sites for hydroxylation is 2. The fourth-order valence-corrected chi connectivity index (χ4v) is 1.58. The van der Waals surface area contributed by atoms with Crippen molar-refractivity contribution in [1.29, 1.82) is 0 Å². The largest absolute Gasteiger partial charge is 0.491 e. The van der Waals surface area contributed by atoms with Gasteiger partial charge in [0, 0.05) is 0 Å². The smallest absolute Gasteiger partial charge is 0.122 e. The molecule has 1 aromatic carbocycles. The van der Waals surface area contributed by atoms with Crippen LogP contribution in [0.3, 0.4) is 0 Å². The third-order valence-electron chi connectivity index (χ3n) is 3.26. The first-order valence-corrected chi connectivity index (χ1v) is 5.92. The minimum absolute atomic E-state index is 0.0490. The molecule has 0 aromatic heterocycles. The Labute approximate surface area is 104 Å². The molecule has 0 spiro atoms. The van der Waals surface area contributed by atoms with Gasteiger partial charge in [0.2, 0.25) is 0 Å². The monoisotopic (exact) mass is 237 g/mol. The van der Waals surface area contributed by atoms with Crippen LogP contribution >= 0.6 is 0 Å². The highest BCUT2D eigenvalue weighted by Crippen LogP contribution is 2.24. The molecule has 0 aliphatic rings. The lowest BCUT2D eigenvalue weighted by Gasteiger charge is -2.27. The number of hydrogen-bond donors (Lipinski definition) is 2. The van der Waals surface area contributed by atoms with E-state index in [1.807, 2.05) is 20.0 Å². The number of nitrogens with one attached hydrogen (secondary N) is 1. The molecule has 3 heteroatoms. The molecule has 0 aliphatic carbocycles. The molecule has 0 amide bonds. The molecular weight excluding hydrogens is 214 g/mol. The third-order valence-corrected chi connectivity index (χ3v) is 3.26. The zero-order chi connectivity index (χ0) is 13.1. The van der Waals surface area contributed by atoms with Crippen LogP contribution in [0.15, 0.2) is 12.1 Å². The minimum atomic E-state index is -0.399. The molecule has 0 heterocycles. The topological polar surface area (TPSA) is 41.5 Å². The molecule has 0 radical (unpaired) electrons. The van der Waals surface area contributed by atoms with E-state index in [-0.39, 0.29) is 6.61 Å². The lowest BCUT2D eigenvalue weighted by molar-refractivity contribution is 0.122. The molecule has 0 bridgehead atoms. The highest BCUT2D eigenvalue weighted by Gasteiger charge is 2.22. The van der Waals surface area contributed by atoms with Crippen LogP contribution in [0.25, 0.3) is 0 Å². The van der Waals surface area contributed by atoms with Gasteiger partial charge < -0.3 is 15.2 Å². The Kier molecular flexibility index (Phi) is 4.54. The highest BCUT2D eigenvalue weighted by molar-refractivity contribution is 5.42. The Hall–Kier alpha value is -1.06. The standard InChI is InChI=1S/C14H23NO2/c1-10-6-11(2)12(3)13(7-10)17-9-14(4,8-16)15-5/h6-7,15-16H,8-9H2,1-5H3. The second-order valence-electron chi connectivity index (χ2n) is 4.96. The minimum Gasteiger partial charge on any atom is -0.491 e. The number of ether oxygens (including phenoxy) is 1. The zero-order valence-corrected chi connectivity index (χ0v) is 11.4. The second-order valence-corrected chi connectivity index (χ2v) is 4.96. The van der Waals surface area contributed by atoms with Crippen molar-refractivity contribution in [2.75, 3.05) is 20.3 Å². The summed E-state index contributed by atoms with van der Waals surface area (Å²) < 4.78 is 5.82. The fourth-order valence-electron chi connectivity index (χ4n) is 1.58. The molecule has 0 saturated carbocycles. The van der Waals surface area contributed by atoms with E-state index in [0.29, 0.717) is 6.61 Å². The molecule has 0 saturated heterocycles. The Morgan fingerprint density at radius 3 is 2.47 bits per heavy atom. The maximum atomic E-state index is 9.30. The van der Waals surface area contributed by atoms with Gasteiger partial charge in [0.15, 0.2) is 0 Å². The molecule has 1 rings (SSSR count). The molecule has 1 aromatic rings.